The lowest BCUT2D eigenvalue weighted by atomic mass is 10.1. The molecule has 9 heteroatoms. The number of piperazine rings is 1. The zero-order valence-corrected chi connectivity index (χ0v) is 19.1. The van der Waals surface area contributed by atoms with E-state index < -0.39 is 5.82 Å². The summed E-state index contributed by atoms with van der Waals surface area (Å²) >= 11 is 0. The van der Waals surface area contributed by atoms with E-state index in [9.17, 15) is 14.0 Å². The number of ketones is 1. The van der Waals surface area contributed by atoms with Gasteiger partial charge in [0.2, 0.25) is 0 Å². The van der Waals surface area contributed by atoms with Gasteiger partial charge in [-0.2, -0.15) is 0 Å². The zero-order chi connectivity index (χ0) is 23.7. The van der Waals surface area contributed by atoms with E-state index in [4.69, 9.17) is 0 Å². The summed E-state index contributed by atoms with van der Waals surface area (Å²) < 4.78 is 14.7. The Morgan fingerprint density at radius 1 is 1.03 bits per heavy atom. The number of benzene rings is 2. The first-order valence-corrected chi connectivity index (χ1v) is 11.4. The standard InChI is InChI=1S/C25H27FN6O2/c1-30-12-14-31(15-13-30)11-10-27-24-22(21(33)16-32(24)20-9-5-3-7-18(20)26)23-28-19-8-4-2-6-17(19)25(34)29-23/h2-9,27H,10-16H2,1H3,(H,28,29,34). The van der Waals surface area contributed by atoms with Crippen molar-refractivity contribution in [2.24, 2.45) is 0 Å². The van der Waals surface area contributed by atoms with E-state index in [2.05, 4.69) is 32.1 Å². The Morgan fingerprint density at radius 3 is 2.56 bits per heavy atom. The van der Waals surface area contributed by atoms with E-state index in [-0.39, 0.29) is 29.3 Å². The normalized spacial score (nSPS) is 17.7. The molecule has 0 bridgehead atoms. The number of aromatic nitrogens is 2. The van der Waals surface area contributed by atoms with Crippen LogP contribution >= 0.6 is 0 Å². The molecule has 5 rings (SSSR count). The summed E-state index contributed by atoms with van der Waals surface area (Å²) in [6.45, 7) is 5.28. The number of likely N-dealkylation sites (N-methyl/N-ethyl adjacent to an activating group) is 1. The monoisotopic (exact) mass is 462 g/mol. The summed E-state index contributed by atoms with van der Waals surface area (Å²) in [5.41, 5.74) is 0.755. The van der Waals surface area contributed by atoms with Gasteiger partial charge in [-0.3, -0.25) is 14.5 Å². The molecule has 0 spiro atoms. The third-order valence-corrected chi connectivity index (χ3v) is 6.40. The van der Waals surface area contributed by atoms with Gasteiger partial charge in [0.05, 0.1) is 23.1 Å². The first-order valence-electron chi connectivity index (χ1n) is 11.4. The van der Waals surface area contributed by atoms with E-state index in [1.807, 2.05) is 0 Å². The van der Waals surface area contributed by atoms with Gasteiger partial charge in [0.15, 0.2) is 5.78 Å². The second-order valence-electron chi connectivity index (χ2n) is 8.69. The summed E-state index contributed by atoms with van der Waals surface area (Å²) in [4.78, 5) is 39.5. The molecular weight excluding hydrogens is 435 g/mol. The van der Waals surface area contributed by atoms with Gasteiger partial charge in [0, 0.05) is 39.3 Å². The predicted molar refractivity (Wildman–Crippen MR) is 130 cm³/mol. The summed E-state index contributed by atoms with van der Waals surface area (Å²) in [6, 6.07) is 13.4. The highest BCUT2D eigenvalue weighted by Crippen LogP contribution is 2.31. The molecule has 0 unspecified atom stereocenters. The lowest BCUT2D eigenvalue weighted by Gasteiger charge is -2.32. The second-order valence-corrected chi connectivity index (χ2v) is 8.69. The number of rotatable bonds is 6. The Balaban J connectivity index is 1.51. The molecule has 1 aromatic heterocycles. The number of aromatic amines is 1. The van der Waals surface area contributed by atoms with Crippen LogP contribution < -0.4 is 15.8 Å². The smallest absolute Gasteiger partial charge is 0.259 e. The number of carbonyl (C=O) groups excluding carboxylic acids is 1. The van der Waals surface area contributed by atoms with Gasteiger partial charge in [0.1, 0.15) is 23.0 Å². The molecule has 2 aromatic carbocycles. The number of carbonyl (C=O) groups is 1. The van der Waals surface area contributed by atoms with Gasteiger partial charge in [-0.25, -0.2) is 9.37 Å². The molecule has 2 aliphatic heterocycles. The largest absolute Gasteiger partial charge is 0.369 e. The van der Waals surface area contributed by atoms with Gasteiger partial charge in [-0.15, -0.1) is 0 Å². The number of hydrogen-bond acceptors (Lipinski definition) is 7. The molecule has 0 amide bonds. The third-order valence-electron chi connectivity index (χ3n) is 6.40. The number of hydrogen-bond donors (Lipinski definition) is 2. The highest BCUT2D eigenvalue weighted by molar-refractivity contribution is 6.26. The van der Waals surface area contributed by atoms with Crippen molar-refractivity contribution in [3.05, 3.63) is 76.3 Å². The van der Waals surface area contributed by atoms with E-state index >= 15 is 0 Å². The maximum absolute atomic E-state index is 14.7. The highest BCUT2D eigenvalue weighted by atomic mass is 19.1. The topological polar surface area (TPSA) is 84.6 Å². The molecule has 3 aromatic rings. The molecule has 3 heterocycles. The van der Waals surface area contributed by atoms with Gasteiger partial charge in [-0.1, -0.05) is 24.3 Å². The van der Waals surface area contributed by atoms with E-state index in [1.54, 1.807) is 47.4 Å². The number of Topliss-reactive ketones (excluding diaryl/α,β-unsaturated/α-hetero) is 1. The Hall–Kier alpha value is -3.56. The first kappa shape index (κ1) is 22.2. The minimum absolute atomic E-state index is 0.0380. The molecular formula is C25H27FN6O2. The zero-order valence-electron chi connectivity index (χ0n) is 19.1. The second kappa shape index (κ2) is 9.36. The Bertz CT molecular complexity index is 1310. The number of nitrogens with zero attached hydrogens (tertiary/aromatic N) is 4. The van der Waals surface area contributed by atoms with Gasteiger partial charge in [-0.05, 0) is 31.3 Å². The van der Waals surface area contributed by atoms with Crippen LogP contribution in [0.25, 0.3) is 16.5 Å². The van der Waals surface area contributed by atoms with Gasteiger partial charge >= 0.3 is 0 Å². The van der Waals surface area contributed by atoms with Crippen LogP contribution in [0.1, 0.15) is 5.82 Å². The van der Waals surface area contributed by atoms with Crippen LogP contribution in [0.2, 0.25) is 0 Å². The van der Waals surface area contributed by atoms with Crippen molar-refractivity contribution >= 4 is 27.9 Å². The number of anilines is 1. The van der Waals surface area contributed by atoms with Gasteiger partial charge in [0.25, 0.3) is 5.56 Å². The van der Waals surface area contributed by atoms with Crippen molar-refractivity contribution in [2.75, 3.05) is 57.8 Å². The first-order chi connectivity index (χ1) is 16.5. The van der Waals surface area contributed by atoms with Gasteiger partial charge < -0.3 is 20.1 Å². The third kappa shape index (κ3) is 4.32. The maximum Gasteiger partial charge on any atom is 0.259 e. The number of nitrogens with one attached hydrogen (secondary N) is 2. The van der Waals surface area contributed by atoms with Crippen LogP contribution in [0.4, 0.5) is 10.1 Å². The lowest BCUT2D eigenvalue weighted by molar-refractivity contribution is -0.112. The van der Waals surface area contributed by atoms with Crippen molar-refractivity contribution < 1.29 is 9.18 Å². The van der Waals surface area contributed by atoms with Crippen LogP contribution in [0.15, 0.2) is 59.1 Å². The van der Waals surface area contributed by atoms with Crippen LogP contribution in [0, 0.1) is 5.82 Å². The predicted octanol–water partition coefficient (Wildman–Crippen LogP) is 1.66. The molecule has 1 fully saturated rings. The fraction of sp³-hybridized carbons (Fsp3) is 0.320. The van der Waals surface area contributed by atoms with Crippen LogP contribution in [0.5, 0.6) is 0 Å². The molecule has 8 nitrogen and oxygen atoms in total. The van der Waals surface area contributed by atoms with Crippen molar-refractivity contribution in [3.63, 3.8) is 0 Å². The Morgan fingerprint density at radius 2 is 1.76 bits per heavy atom. The maximum atomic E-state index is 14.7. The van der Waals surface area contributed by atoms with Crippen molar-refractivity contribution in [3.8, 4) is 0 Å². The number of halogens is 1. The molecule has 0 radical (unpaired) electrons. The number of fused-ring (bicyclic) bond motifs is 1. The van der Waals surface area contributed by atoms with Crippen LogP contribution in [-0.2, 0) is 4.79 Å². The van der Waals surface area contributed by atoms with E-state index in [1.165, 1.54) is 6.07 Å². The Kier molecular flexibility index (Phi) is 6.12. The molecule has 0 aliphatic carbocycles. The minimum Gasteiger partial charge on any atom is -0.369 e. The summed E-state index contributed by atoms with van der Waals surface area (Å²) in [6.07, 6.45) is 0. The van der Waals surface area contributed by atoms with Crippen molar-refractivity contribution in [1.82, 2.24) is 25.1 Å². The van der Waals surface area contributed by atoms with Crippen LogP contribution in [-0.4, -0.2) is 78.4 Å². The number of H-pyrrole nitrogens is 1. The number of para-hydroxylation sites is 2. The van der Waals surface area contributed by atoms with Crippen LogP contribution in [0.3, 0.4) is 0 Å². The summed E-state index contributed by atoms with van der Waals surface area (Å²) in [5, 5.41) is 3.81. The van der Waals surface area contributed by atoms with Crippen molar-refractivity contribution in [2.45, 2.75) is 0 Å². The molecule has 2 N–H and O–H groups in total. The quantitative estimate of drug-likeness (QED) is 0.576. The summed E-state index contributed by atoms with van der Waals surface area (Å²) in [7, 11) is 2.11. The molecule has 0 saturated carbocycles. The van der Waals surface area contributed by atoms with E-state index in [0.717, 1.165) is 32.7 Å². The highest BCUT2D eigenvalue weighted by Gasteiger charge is 2.34. The van der Waals surface area contributed by atoms with Crippen molar-refractivity contribution in [1.29, 1.82) is 0 Å². The molecule has 176 valence electrons. The van der Waals surface area contributed by atoms with E-state index in [0.29, 0.717) is 29.0 Å². The fourth-order valence-electron chi connectivity index (χ4n) is 4.48. The molecule has 34 heavy (non-hydrogen) atoms. The molecule has 1 saturated heterocycles. The average molecular weight is 463 g/mol. The average Bonchev–Trinajstić information content (AvgIpc) is 3.16. The minimum atomic E-state index is -0.421. The SMILES string of the molecule is CN1CCN(CCNC2=C(c3nc4ccccc4c(=O)[nH]3)C(=O)CN2c2ccccc2F)CC1. The molecule has 2 aliphatic rings. The molecule has 0 atom stereocenters. The summed E-state index contributed by atoms with van der Waals surface area (Å²) in [5.74, 6) is -0.00374. The fourth-order valence-corrected chi connectivity index (χ4v) is 4.48. The lowest BCUT2D eigenvalue weighted by Crippen LogP contribution is -2.46. The Labute approximate surface area is 196 Å².